The topological polar surface area (TPSA) is 24.5 Å². The maximum atomic E-state index is 5.80. The average molecular weight is 292 g/mol. The van der Waals surface area contributed by atoms with Crippen LogP contribution in [0.5, 0.6) is 5.75 Å². The minimum atomic E-state index is 0.316. The quantitative estimate of drug-likeness (QED) is 0.711. The van der Waals surface area contributed by atoms with E-state index in [1.54, 1.807) is 0 Å². The van der Waals surface area contributed by atoms with Crippen molar-refractivity contribution in [2.45, 2.75) is 40.7 Å². The van der Waals surface area contributed by atoms with Gasteiger partial charge >= 0.3 is 0 Å². The number of benzene rings is 1. The van der Waals surface area contributed by atoms with Crippen LogP contribution in [0.4, 0.5) is 0 Å². The van der Waals surface area contributed by atoms with Crippen LogP contribution in [0, 0.1) is 5.92 Å². The first kappa shape index (κ1) is 18.0. The zero-order valence-electron chi connectivity index (χ0n) is 14.4. The van der Waals surface area contributed by atoms with Gasteiger partial charge in [0, 0.05) is 24.7 Å². The highest BCUT2D eigenvalue weighted by atomic mass is 16.5. The molecule has 0 fully saturated rings. The van der Waals surface area contributed by atoms with Crippen LogP contribution in [-0.4, -0.2) is 37.7 Å². The second-order valence-corrected chi connectivity index (χ2v) is 5.83. The fourth-order valence-electron chi connectivity index (χ4n) is 2.68. The third kappa shape index (κ3) is 6.06. The molecule has 3 heteroatoms. The highest BCUT2D eigenvalue weighted by Crippen LogP contribution is 2.26. The fourth-order valence-corrected chi connectivity index (χ4v) is 2.68. The van der Waals surface area contributed by atoms with Crippen molar-refractivity contribution in [3.05, 3.63) is 29.8 Å². The first-order valence-corrected chi connectivity index (χ1v) is 8.29. The molecule has 1 atom stereocenters. The Kier molecular flexibility index (Phi) is 8.40. The van der Waals surface area contributed by atoms with Gasteiger partial charge < -0.3 is 15.0 Å². The van der Waals surface area contributed by atoms with Crippen LogP contribution in [-0.2, 0) is 0 Å². The van der Waals surface area contributed by atoms with Gasteiger partial charge in [-0.05, 0) is 32.0 Å². The largest absolute Gasteiger partial charge is 0.494 e. The molecule has 1 rings (SSSR count). The monoisotopic (exact) mass is 292 g/mol. The molecular formula is C18H32N2O. The summed E-state index contributed by atoms with van der Waals surface area (Å²) in [7, 11) is 0. The van der Waals surface area contributed by atoms with E-state index in [4.69, 9.17) is 4.74 Å². The van der Waals surface area contributed by atoms with Gasteiger partial charge in [0.2, 0.25) is 0 Å². The third-order valence-electron chi connectivity index (χ3n) is 3.56. The van der Waals surface area contributed by atoms with E-state index >= 15 is 0 Å². The molecule has 1 aromatic carbocycles. The molecule has 1 N–H and O–H groups in total. The molecule has 0 radical (unpaired) electrons. The number of hydrogen-bond acceptors (Lipinski definition) is 3. The summed E-state index contributed by atoms with van der Waals surface area (Å²) in [4.78, 5) is 2.51. The van der Waals surface area contributed by atoms with Gasteiger partial charge in [-0.2, -0.15) is 0 Å². The van der Waals surface area contributed by atoms with Crippen molar-refractivity contribution >= 4 is 0 Å². The number of hydrogen-bond donors (Lipinski definition) is 1. The summed E-state index contributed by atoms with van der Waals surface area (Å²) in [5.74, 6) is 1.70. The molecule has 21 heavy (non-hydrogen) atoms. The number of nitrogens with one attached hydrogen (secondary N) is 1. The lowest BCUT2D eigenvalue weighted by Gasteiger charge is -2.29. The lowest BCUT2D eigenvalue weighted by molar-refractivity contribution is 0.226. The van der Waals surface area contributed by atoms with Gasteiger partial charge in [-0.1, -0.05) is 45.9 Å². The number of nitrogens with zero attached hydrogens (tertiary/aromatic N) is 1. The number of ether oxygens (including phenoxy) is 1. The lowest BCUT2D eigenvalue weighted by Crippen LogP contribution is -2.37. The Balaban J connectivity index is 2.89. The molecule has 0 aliphatic heterocycles. The highest BCUT2D eigenvalue weighted by molar-refractivity contribution is 5.36. The molecule has 0 amide bonds. The number of likely N-dealkylation sites (N-methyl/N-ethyl adjacent to an activating group) is 2. The van der Waals surface area contributed by atoms with Gasteiger partial charge in [-0.15, -0.1) is 0 Å². The summed E-state index contributed by atoms with van der Waals surface area (Å²) in [6, 6.07) is 8.71. The summed E-state index contributed by atoms with van der Waals surface area (Å²) in [5, 5.41) is 3.61. The smallest absolute Gasteiger partial charge is 0.124 e. The summed E-state index contributed by atoms with van der Waals surface area (Å²) in [6.07, 6.45) is 0. The van der Waals surface area contributed by atoms with E-state index in [2.05, 4.69) is 56.1 Å². The predicted molar refractivity (Wildman–Crippen MR) is 91.0 cm³/mol. The molecule has 0 saturated carbocycles. The molecule has 120 valence electrons. The zero-order valence-corrected chi connectivity index (χ0v) is 14.4. The Morgan fingerprint density at radius 3 is 2.38 bits per heavy atom. The third-order valence-corrected chi connectivity index (χ3v) is 3.56. The van der Waals surface area contributed by atoms with Crippen LogP contribution in [0.25, 0.3) is 0 Å². The van der Waals surface area contributed by atoms with E-state index in [1.165, 1.54) is 5.56 Å². The normalized spacial score (nSPS) is 12.9. The maximum Gasteiger partial charge on any atom is 0.124 e. The molecule has 0 bridgehead atoms. The minimum Gasteiger partial charge on any atom is -0.494 e. The number of para-hydroxylation sites is 1. The van der Waals surface area contributed by atoms with E-state index in [1.807, 2.05) is 13.0 Å². The van der Waals surface area contributed by atoms with Crippen LogP contribution in [0.1, 0.15) is 46.2 Å². The van der Waals surface area contributed by atoms with Crippen LogP contribution in [0.3, 0.4) is 0 Å². The SMILES string of the molecule is CCNC(CN(CC)CC(C)C)c1ccccc1OCC. The highest BCUT2D eigenvalue weighted by Gasteiger charge is 2.18. The summed E-state index contributed by atoms with van der Waals surface area (Å²) < 4.78 is 5.80. The molecule has 0 aliphatic rings. The Morgan fingerprint density at radius 1 is 1.10 bits per heavy atom. The van der Waals surface area contributed by atoms with Gasteiger partial charge in [0.15, 0.2) is 0 Å². The standard InChI is InChI=1S/C18H32N2O/c1-6-19-17(14-20(7-2)13-15(4)5)16-11-9-10-12-18(16)21-8-3/h9-12,15,17,19H,6-8,13-14H2,1-5H3. The molecule has 1 aromatic rings. The van der Waals surface area contributed by atoms with Crippen molar-refractivity contribution in [1.82, 2.24) is 10.2 Å². The van der Waals surface area contributed by atoms with Crippen molar-refractivity contribution in [3.8, 4) is 5.75 Å². The van der Waals surface area contributed by atoms with Crippen molar-refractivity contribution in [1.29, 1.82) is 0 Å². The molecule has 0 saturated heterocycles. The Morgan fingerprint density at radius 2 is 1.81 bits per heavy atom. The van der Waals surface area contributed by atoms with E-state index in [0.29, 0.717) is 18.6 Å². The van der Waals surface area contributed by atoms with Gasteiger partial charge in [0.05, 0.1) is 6.61 Å². The Bertz CT molecular complexity index is 393. The molecule has 0 spiro atoms. The first-order valence-electron chi connectivity index (χ1n) is 8.29. The van der Waals surface area contributed by atoms with Crippen LogP contribution >= 0.6 is 0 Å². The van der Waals surface area contributed by atoms with E-state index < -0.39 is 0 Å². The lowest BCUT2D eigenvalue weighted by atomic mass is 10.0. The zero-order chi connectivity index (χ0) is 15.7. The summed E-state index contributed by atoms with van der Waals surface area (Å²) in [5.41, 5.74) is 1.27. The number of rotatable bonds is 10. The van der Waals surface area contributed by atoms with Crippen molar-refractivity contribution in [3.63, 3.8) is 0 Å². The van der Waals surface area contributed by atoms with Crippen molar-refractivity contribution in [2.24, 2.45) is 5.92 Å². The summed E-state index contributed by atoms with van der Waals surface area (Å²) >= 11 is 0. The van der Waals surface area contributed by atoms with Crippen molar-refractivity contribution < 1.29 is 4.74 Å². The second-order valence-electron chi connectivity index (χ2n) is 5.83. The Labute approximate surface area is 130 Å². The van der Waals surface area contributed by atoms with Crippen LogP contribution in [0.2, 0.25) is 0 Å². The molecule has 0 aliphatic carbocycles. The Hall–Kier alpha value is -1.06. The van der Waals surface area contributed by atoms with Gasteiger partial charge in [-0.3, -0.25) is 0 Å². The van der Waals surface area contributed by atoms with Gasteiger partial charge in [-0.25, -0.2) is 0 Å². The molecule has 3 nitrogen and oxygen atoms in total. The van der Waals surface area contributed by atoms with Gasteiger partial charge in [0.25, 0.3) is 0 Å². The maximum absolute atomic E-state index is 5.80. The predicted octanol–water partition coefficient (Wildman–Crippen LogP) is 3.71. The first-order chi connectivity index (χ1) is 10.1. The van der Waals surface area contributed by atoms with Crippen LogP contribution in [0.15, 0.2) is 24.3 Å². The fraction of sp³-hybridized carbons (Fsp3) is 0.667. The van der Waals surface area contributed by atoms with Gasteiger partial charge in [0.1, 0.15) is 5.75 Å². The molecule has 0 aromatic heterocycles. The second kappa shape index (κ2) is 9.80. The molecule has 1 unspecified atom stereocenters. The van der Waals surface area contributed by atoms with E-state index in [-0.39, 0.29) is 0 Å². The summed E-state index contributed by atoms with van der Waals surface area (Å²) in [6.45, 7) is 15.9. The average Bonchev–Trinajstić information content (AvgIpc) is 2.46. The van der Waals surface area contributed by atoms with Crippen molar-refractivity contribution in [2.75, 3.05) is 32.8 Å². The minimum absolute atomic E-state index is 0.316. The molecule has 0 heterocycles. The van der Waals surface area contributed by atoms with E-state index in [0.717, 1.165) is 31.9 Å². The molecular weight excluding hydrogens is 260 g/mol. The van der Waals surface area contributed by atoms with Crippen LogP contribution < -0.4 is 10.1 Å². The van der Waals surface area contributed by atoms with E-state index in [9.17, 15) is 0 Å².